The molecule has 0 radical (unpaired) electrons. The Morgan fingerprint density at radius 3 is 1.88 bits per heavy atom. The van der Waals surface area contributed by atoms with E-state index in [1.807, 2.05) is 0 Å². The number of hydrogen-bond donors (Lipinski definition) is 0. The third-order valence-corrected chi connectivity index (χ3v) is 6.61. The molecule has 0 unspecified atom stereocenters. The van der Waals surface area contributed by atoms with Gasteiger partial charge in [0.25, 0.3) is 0 Å². The first-order chi connectivity index (χ1) is 11.8. The molecule has 24 heavy (non-hydrogen) atoms. The first kappa shape index (κ1) is 19.8. The first-order valence-electron chi connectivity index (χ1n) is 11.1. The molecule has 0 saturated heterocycles. The fourth-order valence-corrected chi connectivity index (χ4v) is 4.91. The molecule has 0 amide bonds. The molecule has 138 valence electrons. The molecule has 0 heteroatoms. The maximum Gasteiger partial charge on any atom is -0.0233 e. The quantitative estimate of drug-likeness (QED) is 0.296. The monoisotopic (exact) mass is 330 g/mol. The zero-order valence-corrected chi connectivity index (χ0v) is 16.5. The minimum absolute atomic E-state index is 0.884. The van der Waals surface area contributed by atoms with Gasteiger partial charge in [-0.15, -0.1) is 0 Å². The van der Waals surface area contributed by atoms with Crippen molar-refractivity contribution in [1.29, 1.82) is 0 Å². The van der Waals surface area contributed by atoms with Crippen molar-refractivity contribution in [1.82, 2.24) is 0 Å². The molecule has 2 rings (SSSR count). The van der Waals surface area contributed by atoms with Crippen LogP contribution in [0.3, 0.4) is 0 Å². The zero-order valence-electron chi connectivity index (χ0n) is 16.5. The lowest BCUT2D eigenvalue weighted by atomic mass is 9.79. The van der Waals surface area contributed by atoms with Crippen molar-refractivity contribution in [2.24, 2.45) is 23.7 Å². The van der Waals surface area contributed by atoms with E-state index in [-0.39, 0.29) is 0 Å². The molecule has 0 heterocycles. The Morgan fingerprint density at radius 1 is 0.708 bits per heavy atom. The van der Waals surface area contributed by atoms with Crippen molar-refractivity contribution >= 4 is 0 Å². The molecule has 0 aromatic heterocycles. The first-order valence-corrected chi connectivity index (χ1v) is 11.1. The van der Waals surface area contributed by atoms with Gasteiger partial charge in [0, 0.05) is 0 Å². The third kappa shape index (κ3) is 7.58. The van der Waals surface area contributed by atoms with Crippen molar-refractivity contribution in [3.63, 3.8) is 0 Å². The van der Waals surface area contributed by atoms with Gasteiger partial charge in [0.1, 0.15) is 0 Å². The fourth-order valence-electron chi connectivity index (χ4n) is 4.91. The van der Waals surface area contributed by atoms with Crippen LogP contribution in [0, 0.1) is 23.7 Å². The Balaban J connectivity index is 1.52. The molecular weight excluding hydrogens is 288 g/mol. The molecule has 0 spiro atoms. The fraction of sp³-hybridized carbons (Fsp3) is 0.833. The lowest BCUT2D eigenvalue weighted by Crippen LogP contribution is -2.13. The Kier molecular flexibility index (Phi) is 9.85. The van der Waals surface area contributed by atoms with E-state index in [1.54, 1.807) is 0 Å². The van der Waals surface area contributed by atoms with Crippen LogP contribution in [0.4, 0.5) is 0 Å². The van der Waals surface area contributed by atoms with Gasteiger partial charge in [-0.05, 0) is 94.8 Å². The highest BCUT2D eigenvalue weighted by atomic mass is 14.3. The molecule has 2 aliphatic carbocycles. The van der Waals surface area contributed by atoms with E-state index in [2.05, 4.69) is 38.2 Å². The van der Waals surface area contributed by atoms with Gasteiger partial charge >= 0.3 is 0 Å². The summed E-state index contributed by atoms with van der Waals surface area (Å²) in [5.41, 5.74) is 0. The van der Waals surface area contributed by atoms with E-state index in [0.717, 1.165) is 23.7 Å². The van der Waals surface area contributed by atoms with Gasteiger partial charge in [0.15, 0.2) is 0 Å². The summed E-state index contributed by atoms with van der Waals surface area (Å²) in [6, 6.07) is 0. The van der Waals surface area contributed by atoms with Crippen LogP contribution >= 0.6 is 0 Å². The Morgan fingerprint density at radius 2 is 1.29 bits per heavy atom. The van der Waals surface area contributed by atoms with Gasteiger partial charge in [-0.1, -0.05) is 56.9 Å². The lowest BCUT2D eigenvalue weighted by Gasteiger charge is -2.27. The summed E-state index contributed by atoms with van der Waals surface area (Å²) in [7, 11) is 0. The summed E-state index contributed by atoms with van der Waals surface area (Å²) < 4.78 is 0. The average Bonchev–Trinajstić information content (AvgIpc) is 2.62. The predicted octanol–water partition coefficient (Wildman–Crippen LogP) is 8.09. The smallest absolute Gasteiger partial charge is 0.0233 e. The summed E-state index contributed by atoms with van der Waals surface area (Å²) in [6.45, 7) is 4.48. The topological polar surface area (TPSA) is 0 Å². The number of rotatable bonds is 9. The van der Waals surface area contributed by atoms with Crippen molar-refractivity contribution in [3.8, 4) is 0 Å². The predicted molar refractivity (Wildman–Crippen MR) is 108 cm³/mol. The highest BCUT2D eigenvalue weighted by molar-refractivity contribution is 4.92. The van der Waals surface area contributed by atoms with Gasteiger partial charge in [-0.25, -0.2) is 0 Å². The van der Waals surface area contributed by atoms with E-state index < -0.39 is 0 Å². The molecule has 0 aromatic rings. The summed E-state index contributed by atoms with van der Waals surface area (Å²) in [6.07, 6.45) is 30.0. The highest BCUT2D eigenvalue weighted by Gasteiger charge is 2.20. The Labute approximate surface area is 152 Å². The molecule has 2 fully saturated rings. The van der Waals surface area contributed by atoms with Crippen LogP contribution in [0.1, 0.15) is 104 Å². The van der Waals surface area contributed by atoms with Crippen LogP contribution in [-0.2, 0) is 0 Å². The molecule has 0 atom stereocenters. The van der Waals surface area contributed by atoms with Crippen LogP contribution in [-0.4, -0.2) is 0 Å². The van der Waals surface area contributed by atoms with Gasteiger partial charge in [-0.3, -0.25) is 0 Å². The molecule has 0 aromatic carbocycles. The van der Waals surface area contributed by atoms with Crippen molar-refractivity contribution in [3.05, 3.63) is 24.3 Å². The summed E-state index contributed by atoms with van der Waals surface area (Å²) in [5.74, 6) is 3.84. The summed E-state index contributed by atoms with van der Waals surface area (Å²) in [5, 5.41) is 0. The molecule has 2 saturated carbocycles. The molecule has 0 N–H and O–H groups in total. The summed E-state index contributed by atoms with van der Waals surface area (Å²) >= 11 is 0. The molecule has 0 bridgehead atoms. The minimum atomic E-state index is 0.884. The van der Waals surface area contributed by atoms with Crippen LogP contribution in [0.5, 0.6) is 0 Å². The zero-order chi connectivity index (χ0) is 17.0. The molecule has 0 aliphatic heterocycles. The summed E-state index contributed by atoms with van der Waals surface area (Å²) in [4.78, 5) is 0. The number of unbranched alkanes of at least 4 members (excludes halogenated alkanes) is 2. The van der Waals surface area contributed by atoms with Gasteiger partial charge in [0.2, 0.25) is 0 Å². The standard InChI is InChI=1S/C24H42/c1-3-5-6-10-22-17-19-24(20-18-22)12-8-7-11-23-15-13-21(9-4-2)14-16-23/h4,8-9,12,21-24H,3,5-7,10-11,13-20H2,1-2H3/b9-4+,12-8+/t21-,22-,23-,24-. The minimum Gasteiger partial charge on any atom is -0.0914 e. The van der Waals surface area contributed by atoms with Gasteiger partial charge in [0.05, 0.1) is 0 Å². The maximum absolute atomic E-state index is 2.58. The number of allylic oxidation sites excluding steroid dienone is 4. The number of hydrogen-bond acceptors (Lipinski definition) is 0. The van der Waals surface area contributed by atoms with E-state index >= 15 is 0 Å². The van der Waals surface area contributed by atoms with E-state index in [1.165, 1.54) is 89.9 Å². The van der Waals surface area contributed by atoms with Gasteiger partial charge < -0.3 is 0 Å². The normalized spacial score (nSPS) is 31.9. The maximum atomic E-state index is 2.58. The van der Waals surface area contributed by atoms with Crippen molar-refractivity contribution in [2.45, 2.75) is 104 Å². The van der Waals surface area contributed by atoms with Crippen molar-refractivity contribution in [2.75, 3.05) is 0 Å². The van der Waals surface area contributed by atoms with Crippen LogP contribution < -0.4 is 0 Å². The molecule has 2 aliphatic rings. The van der Waals surface area contributed by atoms with E-state index in [0.29, 0.717) is 0 Å². The second-order valence-electron chi connectivity index (χ2n) is 8.59. The highest BCUT2D eigenvalue weighted by Crippen LogP contribution is 2.34. The Hall–Kier alpha value is -0.520. The van der Waals surface area contributed by atoms with E-state index in [4.69, 9.17) is 0 Å². The van der Waals surface area contributed by atoms with Crippen LogP contribution in [0.2, 0.25) is 0 Å². The SMILES string of the molecule is C/C=C/[C@H]1CC[C@H](CC/C=C/[C@H]2CC[C@H](CCCCC)CC2)CC1. The van der Waals surface area contributed by atoms with Crippen LogP contribution in [0.25, 0.3) is 0 Å². The Bertz CT molecular complexity index is 348. The van der Waals surface area contributed by atoms with Gasteiger partial charge in [-0.2, -0.15) is 0 Å². The second kappa shape index (κ2) is 11.9. The largest absolute Gasteiger partial charge is 0.0914 e. The lowest BCUT2D eigenvalue weighted by molar-refractivity contribution is 0.287. The molecular formula is C24H42. The third-order valence-electron chi connectivity index (χ3n) is 6.61. The second-order valence-corrected chi connectivity index (χ2v) is 8.59. The van der Waals surface area contributed by atoms with Crippen molar-refractivity contribution < 1.29 is 0 Å². The van der Waals surface area contributed by atoms with Crippen LogP contribution in [0.15, 0.2) is 24.3 Å². The van der Waals surface area contributed by atoms with E-state index in [9.17, 15) is 0 Å². The average molecular weight is 331 g/mol. The molecule has 0 nitrogen and oxygen atoms in total.